The van der Waals surface area contributed by atoms with Crippen molar-refractivity contribution in [1.82, 2.24) is 20.2 Å². The number of carbonyl (C=O) groups excluding carboxylic acids is 1. The highest BCUT2D eigenvalue weighted by Gasteiger charge is 2.41. The van der Waals surface area contributed by atoms with Crippen LogP contribution in [0, 0.1) is 0 Å². The summed E-state index contributed by atoms with van der Waals surface area (Å²) in [6, 6.07) is 15.1. The fourth-order valence-electron chi connectivity index (χ4n) is 6.57. The Kier molecular flexibility index (Phi) is 8.55. The van der Waals surface area contributed by atoms with Gasteiger partial charge >= 0.3 is 0 Å². The summed E-state index contributed by atoms with van der Waals surface area (Å²) in [5, 5.41) is 6.20. The number of benzene rings is 2. The molecule has 0 saturated carbocycles. The van der Waals surface area contributed by atoms with Crippen LogP contribution in [0.2, 0.25) is 0 Å². The van der Waals surface area contributed by atoms with Gasteiger partial charge in [0.05, 0.1) is 5.92 Å². The lowest BCUT2D eigenvalue weighted by molar-refractivity contribution is -0.133. The largest absolute Gasteiger partial charge is 0.353 e. The van der Waals surface area contributed by atoms with Crippen LogP contribution in [0.3, 0.4) is 0 Å². The Hall–Kier alpha value is -2.41. The molecule has 0 spiro atoms. The Bertz CT molecular complexity index is 1290. The van der Waals surface area contributed by atoms with E-state index in [0.717, 1.165) is 63.2 Å². The van der Waals surface area contributed by atoms with Gasteiger partial charge in [-0.15, -0.1) is 24.8 Å². The van der Waals surface area contributed by atoms with E-state index in [1.54, 1.807) is 6.33 Å². The standard InChI is InChI=1S/C30H37N5O.2ClH/c1-20-8-11-24-26(20)28(32-19-31-24)34-14-16-35(17-15-34)29(36)27(25-12-13-30(2,3)33-25)23-10-9-21-6-4-5-7-22(21)18-23;;/h4-7,9-10,18-20,25,27,33H,8,11-17H2,1-3H3;2*1H. The van der Waals surface area contributed by atoms with Crippen molar-refractivity contribution >= 4 is 47.3 Å². The van der Waals surface area contributed by atoms with Gasteiger partial charge in [0.1, 0.15) is 12.1 Å². The second kappa shape index (κ2) is 11.4. The maximum absolute atomic E-state index is 14.2. The molecule has 3 aliphatic rings. The normalized spacial score (nSPS) is 22.9. The first-order valence-corrected chi connectivity index (χ1v) is 13.5. The molecule has 38 heavy (non-hydrogen) atoms. The van der Waals surface area contributed by atoms with Crippen LogP contribution < -0.4 is 10.2 Å². The van der Waals surface area contributed by atoms with Gasteiger partial charge in [0.2, 0.25) is 5.91 Å². The maximum Gasteiger partial charge on any atom is 0.231 e. The van der Waals surface area contributed by atoms with Crippen LogP contribution >= 0.6 is 24.8 Å². The molecule has 6 rings (SSSR count). The zero-order valence-electron chi connectivity index (χ0n) is 22.5. The first kappa shape index (κ1) is 28.6. The molecule has 0 bridgehead atoms. The number of aromatic nitrogens is 2. The summed E-state index contributed by atoms with van der Waals surface area (Å²) in [5.74, 6) is 1.67. The van der Waals surface area contributed by atoms with Gasteiger partial charge in [-0.05, 0) is 61.8 Å². The summed E-state index contributed by atoms with van der Waals surface area (Å²) in [6.45, 7) is 9.86. The predicted molar refractivity (Wildman–Crippen MR) is 159 cm³/mol. The van der Waals surface area contributed by atoms with Crippen LogP contribution in [0.25, 0.3) is 10.8 Å². The minimum Gasteiger partial charge on any atom is -0.353 e. The highest BCUT2D eigenvalue weighted by molar-refractivity contribution is 5.89. The Morgan fingerprint density at radius 1 is 1.00 bits per heavy atom. The van der Waals surface area contributed by atoms with E-state index in [-0.39, 0.29) is 48.2 Å². The number of piperazine rings is 1. The molecule has 3 heterocycles. The van der Waals surface area contributed by atoms with E-state index in [9.17, 15) is 4.79 Å². The van der Waals surface area contributed by atoms with Crippen molar-refractivity contribution in [2.24, 2.45) is 0 Å². The highest BCUT2D eigenvalue weighted by Crippen LogP contribution is 2.38. The molecule has 1 N–H and O–H groups in total. The molecule has 3 aromatic rings. The number of amides is 1. The molecule has 2 saturated heterocycles. The SMILES string of the molecule is CC1CCc2ncnc(N3CCN(C(=O)C(c4ccc5ccccc5c4)C4CCC(C)(C)N4)CC3)c21.Cl.Cl. The molecule has 3 unspecified atom stereocenters. The Balaban J connectivity index is 0.00000168. The van der Waals surface area contributed by atoms with Gasteiger partial charge in [-0.3, -0.25) is 4.79 Å². The summed E-state index contributed by atoms with van der Waals surface area (Å²) < 4.78 is 0. The molecule has 2 aromatic carbocycles. The van der Waals surface area contributed by atoms with Gasteiger partial charge in [-0.1, -0.05) is 49.4 Å². The number of hydrogen-bond acceptors (Lipinski definition) is 5. The average molecular weight is 557 g/mol. The molecule has 2 fully saturated rings. The van der Waals surface area contributed by atoms with Crippen molar-refractivity contribution in [2.75, 3.05) is 31.1 Å². The quantitative estimate of drug-likeness (QED) is 0.461. The van der Waals surface area contributed by atoms with E-state index in [2.05, 4.69) is 88.3 Å². The van der Waals surface area contributed by atoms with Crippen molar-refractivity contribution in [1.29, 1.82) is 0 Å². The first-order valence-electron chi connectivity index (χ1n) is 13.5. The molecule has 204 valence electrons. The fraction of sp³-hybridized carbons (Fsp3) is 0.500. The summed E-state index contributed by atoms with van der Waals surface area (Å²) in [7, 11) is 0. The number of rotatable bonds is 4. The van der Waals surface area contributed by atoms with Gasteiger partial charge in [-0.2, -0.15) is 0 Å². The first-order chi connectivity index (χ1) is 17.4. The molecule has 1 aliphatic carbocycles. The molecule has 1 aromatic heterocycles. The number of anilines is 1. The van der Waals surface area contributed by atoms with Crippen LogP contribution in [0.1, 0.15) is 68.7 Å². The molecular formula is C30H39Cl2N5O. The van der Waals surface area contributed by atoms with E-state index in [4.69, 9.17) is 0 Å². The highest BCUT2D eigenvalue weighted by atomic mass is 35.5. The van der Waals surface area contributed by atoms with Crippen LogP contribution in [0.5, 0.6) is 0 Å². The molecule has 8 heteroatoms. The lowest BCUT2D eigenvalue weighted by atomic mass is 9.87. The van der Waals surface area contributed by atoms with E-state index < -0.39 is 0 Å². The minimum absolute atomic E-state index is 0. The number of halogens is 2. The van der Waals surface area contributed by atoms with E-state index in [1.165, 1.54) is 22.0 Å². The molecular weight excluding hydrogens is 517 g/mol. The van der Waals surface area contributed by atoms with E-state index >= 15 is 0 Å². The van der Waals surface area contributed by atoms with Crippen molar-refractivity contribution in [3.63, 3.8) is 0 Å². The lowest BCUT2D eigenvalue weighted by Crippen LogP contribution is -2.53. The van der Waals surface area contributed by atoms with Gasteiger partial charge in [-0.25, -0.2) is 9.97 Å². The summed E-state index contributed by atoms with van der Waals surface area (Å²) >= 11 is 0. The number of aryl methyl sites for hydroxylation is 1. The third-order valence-corrected chi connectivity index (χ3v) is 8.60. The van der Waals surface area contributed by atoms with Crippen LogP contribution in [0.15, 0.2) is 48.8 Å². The monoisotopic (exact) mass is 555 g/mol. The average Bonchev–Trinajstić information content (AvgIpc) is 3.45. The number of hydrogen-bond donors (Lipinski definition) is 1. The zero-order chi connectivity index (χ0) is 24.9. The van der Waals surface area contributed by atoms with E-state index in [0.29, 0.717) is 5.92 Å². The maximum atomic E-state index is 14.2. The summed E-state index contributed by atoms with van der Waals surface area (Å²) in [6.07, 6.45) is 6.01. The Morgan fingerprint density at radius 2 is 1.74 bits per heavy atom. The van der Waals surface area contributed by atoms with Crippen LogP contribution in [-0.2, 0) is 11.2 Å². The summed E-state index contributed by atoms with van der Waals surface area (Å²) in [5.41, 5.74) is 3.71. The minimum atomic E-state index is -0.175. The Labute approximate surface area is 238 Å². The van der Waals surface area contributed by atoms with Crippen LogP contribution in [-0.4, -0.2) is 58.5 Å². The van der Waals surface area contributed by atoms with Crippen molar-refractivity contribution < 1.29 is 4.79 Å². The number of carbonyl (C=O) groups is 1. The van der Waals surface area contributed by atoms with Crippen LogP contribution in [0.4, 0.5) is 5.82 Å². The fourth-order valence-corrected chi connectivity index (χ4v) is 6.57. The summed E-state index contributed by atoms with van der Waals surface area (Å²) in [4.78, 5) is 27.8. The van der Waals surface area contributed by atoms with E-state index in [1.807, 2.05) is 0 Å². The molecule has 1 amide bonds. The van der Waals surface area contributed by atoms with Gasteiger partial charge in [0, 0.05) is 49.0 Å². The lowest BCUT2D eigenvalue weighted by Gasteiger charge is -2.39. The Morgan fingerprint density at radius 3 is 2.45 bits per heavy atom. The second-order valence-electron chi connectivity index (χ2n) is 11.6. The second-order valence-corrected chi connectivity index (χ2v) is 11.6. The molecule has 6 nitrogen and oxygen atoms in total. The van der Waals surface area contributed by atoms with Gasteiger partial charge in [0.15, 0.2) is 0 Å². The molecule has 3 atom stereocenters. The van der Waals surface area contributed by atoms with Crippen molar-refractivity contribution in [3.8, 4) is 0 Å². The van der Waals surface area contributed by atoms with Crippen molar-refractivity contribution in [3.05, 3.63) is 65.6 Å². The van der Waals surface area contributed by atoms with Gasteiger partial charge < -0.3 is 15.1 Å². The van der Waals surface area contributed by atoms with Gasteiger partial charge in [0.25, 0.3) is 0 Å². The third-order valence-electron chi connectivity index (χ3n) is 8.60. The van der Waals surface area contributed by atoms with Crippen molar-refractivity contribution in [2.45, 2.75) is 69.9 Å². The number of fused-ring (bicyclic) bond motifs is 2. The number of nitrogens with one attached hydrogen (secondary N) is 1. The topological polar surface area (TPSA) is 61.4 Å². The molecule has 2 aliphatic heterocycles. The number of nitrogens with zero attached hydrogens (tertiary/aromatic N) is 4. The zero-order valence-corrected chi connectivity index (χ0v) is 24.2. The molecule has 0 radical (unpaired) electrons. The smallest absolute Gasteiger partial charge is 0.231 e. The third kappa shape index (κ3) is 5.36. The predicted octanol–water partition coefficient (Wildman–Crippen LogP) is 5.49.